The Kier molecular flexibility index (Phi) is 5.39. The summed E-state index contributed by atoms with van der Waals surface area (Å²) in [5.74, 6) is -0.570. The first-order valence-electron chi connectivity index (χ1n) is 9.66. The van der Waals surface area contributed by atoms with E-state index in [1.165, 1.54) is 4.68 Å². The van der Waals surface area contributed by atoms with Gasteiger partial charge in [0, 0.05) is 18.8 Å². The van der Waals surface area contributed by atoms with Crippen molar-refractivity contribution < 1.29 is 9.59 Å². The summed E-state index contributed by atoms with van der Waals surface area (Å²) in [6, 6.07) is 20.1. The number of aromatic nitrogens is 3. The fraction of sp³-hybridized carbons (Fsp3) is 0.0417. The van der Waals surface area contributed by atoms with E-state index in [-0.39, 0.29) is 11.8 Å². The number of benzene rings is 3. The number of hydrogen-bond acceptors (Lipinski definition) is 3. The van der Waals surface area contributed by atoms with E-state index in [2.05, 4.69) is 52.9 Å². The normalized spacial score (nSPS) is 11.4. The zero-order chi connectivity index (χ0) is 22.6. The van der Waals surface area contributed by atoms with Gasteiger partial charge in [-0.05, 0) is 81.2 Å². The second-order valence-electron chi connectivity index (χ2n) is 7.26. The lowest BCUT2D eigenvalue weighted by Gasteiger charge is -2.10. The largest absolute Gasteiger partial charge is 0.281 e. The molecule has 3 aromatic carbocycles. The van der Waals surface area contributed by atoms with E-state index in [1.807, 2.05) is 49.4 Å². The van der Waals surface area contributed by atoms with E-state index in [9.17, 15) is 9.59 Å². The molecular formula is C24H14Br3N3O2. The highest BCUT2D eigenvalue weighted by atomic mass is 79.9. The number of carbonyl (C=O) groups excluding carboxylic acids is 2. The minimum atomic E-state index is -0.321. The van der Waals surface area contributed by atoms with Crippen molar-refractivity contribution in [3.05, 3.63) is 97.0 Å². The Morgan fingerprint density at radius 1 is 0.812 bits per heavy atom. The van der Waals surface area contributed by atoms with Crippen LogP contribution in [0.4, 0.5) is 0 Å². The lowest BCUT2D eigenvalue weighted by atomic mass is 10.2. The lowest BCUT2D eigenvalue weighted by molar-refractivity contribution is 0.0945. The minimum absolute atomic E-state index is 0.249. The van der Waals surface area contributed by atoms with E-state index in [1.54, 1.807) is 28.8 Å². The molecule has 8 heteroatoms. The Morgan fingerprint density at radius 2 is 1.41 bits per heavy atom. The number of hydrogen-bond donors (Lipinski definition) is 0. The molecule has 0 radical (unpaired) electrons. The summed E-state index contributed by atoms with van der Waals surface area (Å²) < 4.78 is 5.12. The minimum Gasteiger partial charge on any atom is -0.268 e. The van der Waals surface area contributed by atoms with Gasteiger partial charge in [0.25, 0.3) is 11.8 Å². The van der Waals surface area contributed by atoms with Gasteiger partial charge in [0.1, 0.15) is 0 Å². The van der Waals surface area contributed by atoms with Crippen molar-refractivity contribution in [1.29, 1.82) is 0 Å². The molecule has 0 bridgehead atoms. The molecular weight excluding hydrogens is 602 g/mol. The molecule has 5 rings (SSSR count). The molecule has 0 saturated carbocycles. The second-order valence-corrected chi connectivity index (χ2v) is 9.89. The topological polar surface area (TPSA) is 56.9 Å². The van der Waals surface area contributed by atoms with Gasteiger partial charge in [0.2, 0.25) is 0 Å². The van der Waals surface area contributed by atoms with E-state index in [0.29, 0.717) is 36.9 Å². The highest BCUT2D eigenvalue weighted by molar-refractivity contribution is 9.11. The fourth-order valence-corrected chi connectivity index (χ4v) is 5.18. The number of aryl methyl sites for hydroxylation is 1. The van der Waals surface area contributed by atoms with Crippen molar-refractivity contribution in [3.63, 3.8) is 0 Å². The lowest BCUT2D eigenvalue weighted by Crippen LogP contribution is -2.20. The molecule has 0 spiro atoms. The molecule has 0 fully saturated rings. The van der Waals surface area contributed by atoms with Crippen LogP contribution in [0.25, 0.3) is 21.9 Å². The monoisotopic (exact) mass is 613 g/mol. The summed E-state index contributed by atoms with van der Waals surface area (Å²) in [6.45, 7) is 1.85. The van der Waals surface area contributed by atoms with Crippen molar-refractivity contribution in [2.24, 2.45) is 0 Å². The Labute approximate surface area is 208 Å². The van der Waals surface area contributed by atoms with Gasteiger partial charge >= 0.3 is 0 Å². The molecule has 158 valence electrons. The quantitative estimate of drug-likeness (QED) is 0.216. The van der Waals surface area contributed by atoms with Crippen molar-refractivity contribution >= 4 is 81.5 Å². The SMILES string of the molecule is Cc1nn(C(=O)c2ccccc2Br)c2c1c1cc(Br)ccc1n2C(=O)c1ccccc1Br. The van der Waals surface area contributed by atoms with Crippen LogP contribution < -0.4 is 0 Å². The van der Waals surface area contributed by atoms with E-state index in [0.717, 1.165) is 15.2 Å². The summed E-state index contributed by atoms with van der Waals surface area (Å²) in [7, 11) is 0. The van der Waals surface area contributed by atoms with Crippen LogP contribution in [0.2, 0.25) is 0 Å². The molecule has 2 aromatic heterocycles. The molecule has 0 amide bonds. The van der Waals surface area contributed by atoms with Crippen molar-refractivity contribution in [2.75, 3.05) is 0 Å². The maximum Gasteiger partial charge on any atom is 0.281 e. The third-order valence-electron chi connectivity index (χ3n) is 5.32. The zero-order valence-electron chi connectivity index (χ0n) is 16.6. The molecule has 32 heavy (non-hydrogen) atoms. The van der Waals surface area contributed by atoms with Gasteiger partial charge in [-0.2, -0.15) is 9.78 Å². The predicted molar refractivity (Wildman–Crippen MR) is 135 cm³/mol. The fourth-order valence-electron chi connectivity index (χ4n) is 3.91. The summed E-state index contributed by atoms with van der Waals surface area (Å²) in [5, 5.41) is 6.16. The first-order chi connectivity index (χ1) is 15.4. The molecule has 0 N–H and O–H groups in total. The van der Waals surface area contributed by atoms with E-state index < -0.39 is 0 Å². The molecule has 0 aliphatic rings. The maximum atomic E-state index is 13.8. The third-order valence-corrected chi connectivity index (χ3v) is 7.20. The van der Waals surface area contributed by atoms with Crippen LogP contribution in [-0.4, -0.2) is 26.2 Å². The molecule has 0 atom stereocenters. The molecule has 0 aliphatic carbocycles. The van der Waals surface area contributed by atoms with Crippen LogP contribution in [0.5, 0.6) is 0 Å². The molecule has 0 unspecified atom stereocenters. The molecule has 2 heterocycles. The standard InChI is InChI=1S/C24H14Br3N3O2/c1-13-21-17-12-14(25)10-11-20(17)29(23(31)15-6-2-4-8-18(15)26)22(21)30(28-13)24(32)16-7-3-5-9-19(16)27/h2-12H,1H3. The van der Waals surface area contributed by atoms with Crippen LogP contribution >= 0.6 is 47.8 Å². The van der Waals surface area contributed by atoms with Crippen LogP contribution in [0.1, 0.15) is 26.4 Å². The molecule has 0 saturated heterocycles. The summed E-state index contributed by atoms with van der Waals surface area (Å²) in [4.78, 5) is 27.3. The van der Waals surface area contributed by atoms with Crippen molar-refractivity contribution in [1.82, 2.24) is 14.3 Å². The van der Waals surface area contributed by atoms with Crippen molar-refractivity contribution in [2.45, 2.75) is 6.92 Å². The number of carbonyl (C=O) groups is 2. The van der Waals surface area contributed by atoms with Gasteiger partial charge in [-0.15, -0.1) is 0 Å². The van der Waals surface area contributed by atoms with Gasteiger partial charge in [-0.1, -0.05) is 40.2 Å². The summed E-state index contributed by atoms with van der Waals surface area (Å²) in [6.07, 6.45) is 0. The number of rotatable bonds is 2. The Hall–Kier alpha value is -2.55. The highest BCUT2D eigenvalue weighted by Gasteiger charge is 2.27. The molecule has 5 aromatic rings. The summed E-state index contributed by atoms with van der Waals surface area (Å²) in [5.41, 5.74) is 2.77. The average molecular weight is 616 g/mol. The van der Waals surface area contributed by atoms with Crippen LogP contribution in [0.3, 0.4) is 0 Å². The van der Waals surface area contributed by atoms with Gasteiger partial charge in [0.15, 0.2) is 5.65 Å². The smallest absolute Gasteiger partial charge is 0.268 e. The van der Waals surface area contributed by atoms with Crippen LogP contribution in [0, 0.1) is 6.92 Å². The predicted octanol–water partition coefficient (Wildman–Crippen LogP) is 6.96. The first-order valence-corrected chi connectivity index (χ1v) is 12.0. The first kappa shape index (κ1) is 21.3. The van der Waals surface area contributed by atoms with Gasteiger partial charge in [-0.25, -0.2) is 0 Å². The van der Waals surface area contributed by atoms with Crippen LogP contribution in [0.15, 0.2) is 80.1 Å². The van der Waals surface area contributed by atoms with Crippen molar-refractivity contribution in [3.8, 4) is 0 Å². The Morgan fingerprint density at radius 3 is 2.03 bits per heavy atom. The molecule has 5 nitrogen and oxygen atoms in total. The van der Waals surface area contributed by atoms with Gasteiger partial charge in [-0.3, -0.25) is 14.2 Å². The Bertz CT molecular complexity index is 1570. The second kappa shape index (κ2) is 8.10. The number of halogens is 3. The number of nitrogens with zero attached hydrogens (tertiary/aromatic N) is 3. The van der Waals surface area contributed by atoms with Gasteiger partial charge < -0.3 is 0 Å². The molecule has 0 aliphatic heterocycles. The van der Waals surface area contributed by atoms with E-state index >= 15 is 0 Å². The van der Waals surface area contributed by atoms with Crippen LogP contribution in [-0.2, 0) is 0 Å². The van der Waals surface area contributed by atoms with Gasteiger partial charge in [0.05, 0.1) is 27.7 Å². The Balaban J connectivity index is 1.88. The highest BCUT2D eigenvalue weighted by Crippen LogP contribution is 2.35. The summed E-state index contributed by atoms with van der Waals surface area (Å²) >= 11 is 10.5. The third kappa shape index (κ3) is 3.29. The number of fused-ring (bicyclic) bond motifs is 3. The van der Waals surface area contributed by atoms with E-state index in [4.69, 9.17) is 0 Å². The maximum absolute atomic E-state index is 13.8. The zero-order valence-corrected chi connectivity index (χ0v) is 21.4. The average Bonchev–Trinajstić information content (AvgIpc) is 3.28.